The average molecular weight is 294 g/mol. The van der Waals surface area contributed by atoms with E-state index in [0.717, 1.165) is 10.9 Å². The van der Waals surface area contributed by atoms with Crippen LogP contribution in [0.25, 0.3) is 6.08 Å². The maximum Gasteiger partial charge on any atom is 0.313 e. The molecule has 0 fully saturated rings. The summed E-state index contributed by atoms with van der Waals surface area (Å²) in [6.45, 7) is 1.92. The summed E-state index contributed by atoms with van der Waals surface area (Å²) in [7, 11) is -2.24. The monoisotopic (exact) mass is 294 g/mol. The van der Waals surface area contributed by atoms with Crippen molar-refractivity contribution in [1.29, 1.82) is 0 Å². The normalized spacial score (nSPS) is 10.2. The second kappa shape index (κ2) is 8.06. The predicted molar refractivity (Wildman–Crippen MR) is 75.8 cm³/mol. The summed E-state index contributed by atoms with van der Waals surface area (Å²) in [6.07, 6.45) is 2.56. The molecule has 6 heteroatoms. The molecule has 106 valence electrons. The lowest BCUT2D eigenvalue weighted by atomic mass is 10.1. The number of benzene rings is 1. The van der Waals surface area contributed by atoms with Crippen molar-refractivity contribution in [1.82, 2.24) is 0 Å². The molecular weight excluding hydrogens is 280 g/mol. The summed E-state index contributed by atoms with van der Waals surface area (Å²) in [5.41, 5.74) is 1.28. The molecular formula is C14H14O5S. The number of esters is 1. The van der Waals surface area contributed by atoms with E-state index in [9.17, 15) is 18.0 Å². The molecule has 1 aromatic carbocycles. The average Bonchev–Trinajstić information content (AvgIpc) is 2.37. The Kier molecular flexibility index (Phi) is 6.39. The zero-order valence-corrected chi connectivity index (χ0v) is 11.7. The molecule has 0 saturated heterocycles. The Bertz CT molecular complexity index is 631. The van der Waals surface area contributed by atoms with Crippen molar-refractivity contribution in [3.05, 3.63) is 41.5 Å². The van der Waals surface area contributed by atoms with Gasteiger partial charge in [-0.05, 0) is 24.1 Å². The zero-order chi connectivity index (χ0) is 15.0. The summed E-state index contributed by atoms with van der Waals surface area (Å²) < 4.78 is 25.6. The first-order valence-corrected chi connectivity index (χ1v) is 7.04. The molecule has 20 heavy (non-hydrogen) atoms. The molecule has 0 amide bonds. The summed E-state index contributed by atoms with van der Waals surface area (Å²) >= 11 is 0. The standard InChI is InChI=1S/C14H14O5S/c1-2-19-14(16)9-13(15)8-7-11-3-5-12(6-4-11)10-20(17)18/h3-8,10H,2,9H2,1H3. The van der Waals surface area contributed by atoms with Crippen LogP contribution in [0.2, 0.25) is 0 Å². The molecule has 0 aromatic heterocycles. The molecule has 5 nitrogen and oxygen atoms in total. The lowest BCUT2D eigenvalue weighted by Gasteiger charge is -1.98. The van der Waals surface area contributed by atoms with Crippen molar-refractivity contribution in [3.63, 3.8) is 0 Å². The van der Waals surface area contributed by atoms with Gasteiger partial charge in [0, 0.05) is 0 Å². The molecule has 1 aromatic rings. The van der Waals surface area contributed by atoms with Crippen LogP contribution in [0, 0.1) is 0 Å². The third-order valence-corrected chi connectivity index (χ3v) is 2.72. The van der Waals surface area contributed by atoms with Gasteiger partial charge in [-0.1, -0.05) is 30.3 Å². The van der Waals surface area contributed by atoms with Crippen LogP contribution in [0.5, 0.6) is 0 Å². The quantitative estimate of drug-likeness (QED) is 0.341. The second-order valence-corrected chi connectivity index (χ2v) is 4.58. The van der Waals surface area contributed by atoms with Crippen LogP contribution in [0.15, 0.2) is 30.3 Å². The Labute approximate surface area is 118 Å². The molecule has 0 saturated carbocycles. The van der Waals surface area contributed by atoms with Crippen LogP contribution < -0.4 is 0 Å². The summed E-state index contributed by atoms with van der Waals surface area (Å²) in [5.74, 6) is -0.898. The Balaban J connectivity index is 2.64. The molecule has 1 rings (SSSR count). The van der Waals surface area contributed by atoms with Crippen LogP contribution in [0.1, 0.15) is 24.5 Å². The summed E-state index contributed by atoms with van der Waals surface area (Å²) in [5, 5.41) is 1.08. The van der Waals surface area contributed by atoms with Crippen molar-refractivity contribution in [2.45, 2.75) is 13.3 Å². The van der Waals surface area contributed by atoms with Crippen LogP contribution >= 0.6 is 0 Å². The highest BCUT2D eigenvalue weighted by Gasteiger charge is 2.06. The van der Waals surface area contributed by atoms with E-state index in [1.54, 1.807) is 37.3 Å². The third-order valence-electron chi connectivity index (χ3n) is 2.25. The van der Waals surface area contributed by atoms with Gasteiger partial charge in [-0.2, -0.15) is 8.42 Å². The third kappa shape index (κ3) is 6.10. The lowest BCUT2D eigenvalue weighted by Crippen LogP contribution is -2.08. The van der Waals surface area contributed by atoms with Crippen molar-refractivity contribution in [2.75, 3.05) is 6.61 Å². The van der Waals surface area contributed by atoms with E-state index in [0.29, 0.717) is 5.56 Å². The highest BCUT2D eigenvalue weighted by atomic mass is 32.2. The minimum absolute atomic E-state index is 0.245. The molecule has 0 radical (unpaired) electrons. The van der Waals surface area contributed by atoms with Crippen molar-refractivity contribution in [2.24, 2.45) is 0 Å². The zero-order valence-electron chi connectivity index (χ0n) is 10.9. The van der Waals surface area contributed by atoms with Gasteiger partial charge in [-0.15, -0.1) is 0 Å². The Morgan fingerprint density at radius 1 is 1.15 bits per heavy atom. The number of hydrogen-bond donors (Lipinski definition) is 0. The van der Waals surface area contributed by atoms with Gasteiger partial charge in [0.15, 0.2) is 5.78 Å². The number of allylic oxidation sites excluding steroid dienone is 1. The molecule has 0 aliphatic rings. The maximum absolute atomic E-state index is 11.4. The number of ketones is 1. The topological polar surface area (TPSA) is 77.5 Å². The van der Waals surface area contributed by atoms with Gasteiger partial charge >= 0.3 is 5.97 Å². The van der Waals surface area contributed by atoms with Gasteiger partial charge in [0.2, 0.25) is 10.3 Å². The fourth-order valence-corrected chi connectivity index (χ4v) is 1.78. The smallest absolute Gasteiger partial charge is 0.313 e. The highest BCUT2D eigenvalue weighted by Crippen LogP contribution is 2.05. The molecule has 0 spiro atoms. The number of carbonyl (C=O) groups is 2. The van der Waals surface area contributed by atoms with Gasteiger partial charge in [0.25, 0.3) is 0 Å². The maximum atomic E-state index is 11.4. The number of hydrogen-bond acceptors (Lipinski definition) is 5. The minimum Gasteiger partial charge on any atom is -0.466 e. The molecule has 0 N–H and O–H groups in total. The number of rotatable bonds is 6. The van der Waals surface area contributed by atoms with Gasteiger partial charge in [-0.3, -0.25) is 9.59 Å². The van der Waals surface area contributed by atoms with Crippen molar-refractivity contribution < 1.29 is 22.7 Å². The van der Waals surface area contributed by atoms with E-state index in [2.05, 4.69) is 4.74 Å². The van der Waals surface area contributed by atoms with Gasteiger partial charge < -0.3 is 4.74 Å². The molecule has 0 aliphatic carbocycles. The lowest BCUT2D eigenvalue weighted by molar-refractivity contribution is -0.144. The van der Waals surface area contributed by atoms with Gasteiger partial charge in [0.1, 0.15) is 6.42 Å². The summed E-state index contributed by atoms with van der Waals surface area (Å²) in [6, 6.07) is 6.58. The van der Waals surface area contributed by atoms with E-state index in [-0.39, 0.29) is 18.8 Å². The fraction of sp³-hybridized carbons (Fsp3) is 0.214. The molecule has 0 bridgehead atoms. The first-order chi connectivity index (χ1) is 9.51. The Morgan fingerprint density at radius 2 is 1.75 bits per heavy atom. The molecule has 0 heterocycles. The van der Waals surface area contributed by atoms with Crippen molar-refractivity contribution >= 4 is 33.5 Å². The van der Waals surface area contributed by atoms with E-state index in [1.165, 1.54) is 6.08 Å². The SMILES string of the molecule is CCOC(=O)CC(=O)C=Cc1ccc(C=S(=O)=O)cc1. The van der Waals surface area contributed by atoms with E-state index in [4.69, 9.17) is 0 Å². The van der Waals surface area contributed by atoms with E-state index >= 15 is 0 Å². The van der Waals surface area contributed by atoms with Gasteiger partial charge in [0.05, 0.1) is 12.0 Å². The summed E-state index contributed by atoms with van der Waals surface area (Å²) in [4.78, 5) is 22.5. The minimum atomic E-state index is -2.24. The molecule has 0 unspecified atom stereocenters. The van der Waals surface area contributed by atoms with Crippen LogP contribution in [-0.2, 0) is 24.6 Å². The van der Waals surface area contributed by atoms with Crippen LogP contribution in [0.4, 0.5) is 0 Å². The van der Waals surface area contributed by atoms with Crippen molar-refractivity contribution in [3.8, 4) is 0 Å². The predicted octanol–water partition coefficient (Wildman–Crippen LogP) is 1.25. The fourth-order valence-electron chi connectivity index (χ4n) is 1.40. The Morgan fingerprint density at radius 3 is 2.30 bits per heavy atom. The van der Waals surface area contributed by atoms with Crippen LogP contribution in [0.3, 0.4) is 0 Å². The highest BCUT2D eigenvalue weighted by molar-refractivity contribution is 7.71. The van der Waals surface area contributed by atoms with E-state index in [1.807, 2.05) is 0 Å². The number of ether oxygens (including phenoxy) is 1. The second-order valence-electron chi connectivity index (χ2n) is 3.83. The van der Waals surface area contributed by atoms with E-state index < -0.39 is 16.3 Å². The first-order valence-electron chi connectivity index (χ1n) is 5.91. The number of carbonyl (C=O) groups excluding carboxylic acids is 2. The molecule has 0 aliphatic heterocycles. The largest absolute Gasteiger partial charge is 0.466 e. The first kappa shape index (κ1) is 15.8. The van der Waals surface area contributed by atoms with Crippen LogP contribution in [-0.4, -0.2) is 32.1 Å². The molecule has 0 atom stereocenters. The Hall–Kier alpha value is -2.21. The van der Waals surface area contributed by atoms with Gasteiger partial charge in [-0.25, -0.2) is 0 Å².